The molecule has 12 heavy (non-hydrogen) atoms. The standard InChI is InChI=1S/C6H5F3S.C2H6/c1-4-2-5(10-3-4)6(7,8)9;1-2/h2-3H,1H3;1-2H3. The SMILES string of the molecule is CC.Cc1csc(C(F)(F)F)c1. The lowest BCUT2D eigenvalue weighted by Gasteiger charge is -1.99. The number of rotatable bonds is 0. The monoisotopic (exact) mass is 196 g/mol. The summed E-state index contributed by atoms with van der Waals surface area (Å²) in [4.78, 5) is -0.523. The van der Waals surface area contributed by atoms with Gasteiger partial charge in [-0.1, -0.05) is 13.8 Å². The quantitative estimate of drug-likeness (QED) is 0.586. The highest BCUT2D eigenvalue weighted by atomic mass is 32.1. The zero-order chi connectivity index (χ0) is 9.78. The van der Waals surface area contributed by atoms with E-state index in [9.17, 15) is 13.2 Å². The van der Waals surface area contributed by atoms with Crippen LogP contribution in [0.1, 0.15) is 24.3 Å². The Labute approximate surface area is 74.0 Å². The first-order valence-electron chi connectivity index (χ1n) is 3.62. The molecule has 0 saturated carbocycles. The first-order chi connectivity index (χ1) is 5.50. The van der Waals surface area contributed by atoms with Gasteiger partial charge in [-0.15, -0.1) is 11.3 Å². The van der Waals surface area contributed by atoms with Gasteiger partial charge in [-0.25, -0.2) is 0 Å². The molecule has 0 aliphatic heterocycles. The molecule has 0 atom stereocenters. The van der Waals surface area contributed by atoms with Gasteiger partial charge in [0.1, 0.15) is 4.88 Å². The fraction of sp³-hybridized carbons (Fsp3) is 0.500. The van der Waals surface area contributed by atoms with Crippen LogP contribution in [0.25, 0.3) is 0 Å². The van der Waals surface area contributed by atoms with E-state index in [0.29, 0.717) is 5.56 Å². The minimum atomic E-state index is -4.17. The highest BCUT2D eigenvalue weighted by Crippen LogP contribution is 2.33. The van der Waals surface area contributed by atoms with Gasteiger partial charge >= 0.3 is 6.18 Å². The average molecular weight is 196 g/mol. The zero-order valence-corrected chi connectivity index (χ0v) is 8.01. The molecule has 0 nitrogen and oxygen atoms in total. The molecule has 0 N–H and O–H groups in total. The summed E-state index contributed by atoms with van der Waals surface area (Å²) in [5.74, 6) is 0. The maximum atomic E-state index is 11.8. The second-order valence-electron chi connectivity index (χ2n) is 1.99. The fourth-order valence-corrected chi connectivity index (χ4v) is 1.35. The summed E-state index contributed by atoms with van der Waals surface area (Å²) >= 11 is 0.731. The van der Waals surface area contributed by atoms with Crippen LogP contribution in [0.5, 0.6) is 0 Å². The normalized spacial score (nSPS) is 10.5. The summed E-state index contributed by atoms with van der Waals surface area (Å²) in [7, 11) is 0. The van der Waals surface area contributed by atoms with Gasteiger partial charge in [0.15, 0.2) is 0 Å². The van der Waals surface area contributed by atoms with Crippen LogP contribution in [-0.2, 0) is 6.18 Å². The largest absolute Gasteiger partial charge is 0.425 e. The van der Waals surface area contributed by atoms with Crippen molar-refractivity contribution in [1.29, 1.82) is 0 Å². The fourth-order valence-electron chi connectivity index (χ4n) is 0.580. The molecular formula is C8H11F3S. The molecule has 0 bridgehead atoms. The third-order valence-electron chi connectivity index (χ3n) is 1.01. The molecule has 0 aliphatic carbocycles. The van der Waals surface area contributed by atoms with Crippen molar-refractivity contribution in [2.45, 2.75) is 26.9 Å². The van der Waals surface area contributed by atoms with E-state index in [0.717, 1.165) is 17.4 Å². The van der Waals surface area contributed by atoms with Crippen molar-refractivity contribution in [2.75, 3.05) is 0 Å². The number of hydrogen-bond acceptors (Lipinski definition) is 1. The predicted molar refractivity (Wildman–Crippen MR) is 45.4 cm³/mol. The summed E-state index contributed by atoms with van der Waals surface area (Å²) in [6, 6.07) is 1.14. The molecular weight excluding hydrogens is 185 g/mol. The Hall–Kier alpha value is -0.510. The molecule has 4 heteroatoms. The second-order valence-corrected chi connectivity index (χ2v) is 2.90. The van der Waals surface area contributed by atoms with Gasteiger partial charge in [-0.3, -0.25) is 0 Å². The van der Waals surface area contributed by atoms with E-state index in [1.165, 1.54) is 5.38 Å². The second kappa shape index (κ2) is 4.50. The van der Waals surface area contributed by atoms with Crippen molar-refractivity contribution in [2.24, 2.45) is 0 Å². The molecule has 1 rings (SSSR count). The third kappa shape index (κ3) is 3.26. The maximum absolute atomic E-state index is 11.8. The lowest BCUT2D eigenvalue weighted by molar-refractivity contribution is -0.134. The van der Waals surface area contributed by atoms with E-state index in [-0.39, 0.29) is 0 Å². The van der Waals surface area contributed by atoms with Crippen LogP contribution >= 0.6 is 11.3 Å². The summed E-state index contributed by atoms with van der Waals surface area (Å²) < 4.78 is 35.4. The number of thiophene rings is 1. The summed E-state index contributed by atoms with van der Waals surface area (Å²) in [6.45, 7) is 5.64. The molecule has 0 radical (unpaired) electrons. The zero-order valence-electron chi connectivity index (χ0n) is 7.20. The predicted octanol–water partition coefficient (Wildman–Crippen LogP) is 4.10. The van der Waals surface area contributed by atoms with Crippen LogP contribution in [0.15, 0.2) is 11.4 Å². The van der Waals surface area contributed by atoms with Crippen LogP contribution in [0.2, 0.25) is 0 Å². The lowest BCUT2D eigenvalue weighted by atomic mass is 10.3. The van der Waals surface area contributed by atoms with Crippen molar-refractivity contribution >= 4 is 11.3 Å². The molecule has 0 fully saturated rings. The van der Waals surface area contributed by atoms with Crippen LogP contribution in [0.4, 0.5) is 13.2 Å². The van der Waals surface area contributed by atoms with Crippen molar-refractivity contribution in [1.82, 2.24) is 0 Å². The number of alkyl halides is 3. The summed E-state index contributed by atoms with van der Waals surface area (Å²) in [5.41, 5.74) is 0.664. The first kappa shape index (κ1) is 11.5. The van der Waals surface area contributed by atoms with Crippen molar-refractivity contribution in [3.63, 3.8) is 0 Å². The van der Waals surface area contributed by atoms with Gasteiger partial charge in [-0.2, -0.15) is 13.2 Å². The van der Waals surface area contributed by atoms with E-state index in [4.69, 9.17) is 0 Å². The highest BCUT2D eigenvalue weighted by molar-refractivity contribution is 7.10. The number of hydrogen-bond donors (Lipinski definition) is 0. The molecule has 0 spiro atoms. The van der Waals surface area contributed by atoms with E-state index in [1.807, 2.05) is 13.8 Å². The van der Waals surface area contributed by atoms with Crippen molar-refractivity contribution < 1.29 is 13.2 Å². The van der Waals surface area contributed by atoms with Crippen LogP contribution in [-0.4, -0.2) is 0 Å². The van der Waals surface area contributed by atoms with Crippen molar-refractivity contribution in [3.05, 3.63) is 21.9 Å². The minimum Gasteiger partial charge on any atom is -0.165 e. The van der Waals surface area contributed by atoms with E-state index in [1.54, 1.807) is 6.92 Å². The van der Waals surface area contributed by atoms with Crippen LogP contribution in [0, 0.1) is 6.92 Å². The molecule has 0 saturated heterocycles. The van der Waals surface area contributed by atoms with Crippen LogP contribution in [0.3, 0.4) is 0 Å². The maximum Gasteiger partial charge on any atom is 0.425 e. The van der Waals surface area contributed by atoms with Gasteiger partial charge in [0.2, 0.25) is 0 Å². The van der Waals surface area contributed by atoms with Gasteiger partial charge in [0.25, 0.3) is 0 Å². The molecule has 0 amide bonds. The Kier molecular flexibility index (Phi) is 4.31. The Morgan fingerprint density at radius 2 is 1.75 bits per heavy atom. The molecule has 70 valence electrons. The average Bonchev–Trinajstić information content (AvgIpc) is 2.39. The lowest BCUT2D eigenvalue weighted by Crippen LogP contribution is -2.00. The molecule has 1 heterocycles. The van der Waals surface area contributed by atoms with Gasteiger partial charge in [-0.05, 0) is 23.9 Å². The minimum absolute atomic E-state index is 0.523. The Bertz CT molecular complexity index is 224. The van der Waals surface area contributed by atoms with E-state index >= 15 is 0 Å². The Morgan fingerprint density at radius 3 is 1.92 bits per heavy atom. The number of halogens is 3. The topological polar surface area (TPSA) is 0 Å². The summed E-state index contributed by atoms with van der Waals surface area (Å²) in [5, 5.41) is 1.49. The van der Waals surface area contributed by atoms with Gasteiger partial charge in [0.05, 0.1) is 0 Å². The van der Waals surface area contributed by atoms with E-state index in [2.05, 4.69) is 0 Å². The first-order valence-corrected chi connectivity index (χ1v) is 4.50. The van der Waals surface area contributed by atoms with Gasteiger partial charge < -0.3 is 0 Å². The molecule has 0 aromatic carbocycles. The van der Waals surface area contributed by atoms with Crippen LogP contribution < -0.4 is 0 Å². The third-order valence-corrected chi connectivity index (χ3v) is 2.10. The molecule has 1 aromatic heterocycles. The summed E-state index contributed by atoms with van der Waals surface area (Å²) in [6.07, 6.45) is -4.17. The molecule has 0 unspecified atom stereocenters. The van der Waals surface area contributed by atoms with Gasteiger partial charge in [0, 0.05) is 0 Å². The Morgan fingerprint density at radius 1 is 1.25 bits per heavy atom. The smallest absolute Gasteiger partial charge is 0.165 e. The molecule has 0 aliphatic rings. The van der Waals surface area contributed by atoms with Crippen molar-refractivity contribution in [3.8, 4) is 0 Å². The Balaban J connectivity index is 0.000000561. The highest BCUT2D eigenvalue weighted by Gasteiger charge is 2.31. The molecule has 1 aromatic rings. The number of aryl methyl sites for hydroxylation is 1. The van der Waals surface area contributed by atoms with E-state index < -0.39 is 11.1 Å².